The van der Waals surface area contributed by atoms with Crippen molar-refractivity contribution in [1.29, 1.82) is 0 Å². The maximum absolute atomic E-state index is 11.5. The number of halogens is 6. The lowest BCUT2D eigenvalue weighted by molar-refractivity contribution is 0.319. The van der Waals surface area contributed by atoms with Crippen LogP contribution in [0.4, 0.5) is 0 Å². The Morgan fingerprint density at radius 2 is 1.00 bits per heavy atom. The van der Waals surface area contributed by atoms with Gasteiger partial charge in [-0.1, -0.05) is 47.8 Å². The van der Waals surface area contributed by atoms with Crippen LogP contribution in [0.15, 0.2) is 67.3 Å². The lowest BCUT2D eigenvalue weighted by Crippen LogP contribution is -2.09. The summed E-state index contributed by atoms with van der Waals surface area (Å²) in [6.07, 6.45) is 0. The monoisotopic (exact) mass is 858 g/mol. The van der Waals surface area contributed by atoms with E-state index in [4.69, 9.17) is 5.11 Å². The highest BCUT2D eigenvalue weighted by molar-refractivity contribution is 9.93. The van der Waals surface area contributed by atoms with Crippen molar-refractivity contribution in [2.75, 3.05) is 23.4 Å². The fourth-order valence-electron chi connectivity index (χ4n) is 1.74. The van der Waals surface area contributed by atoms with Gasteiger partial charge in [-0.15, -0.1) is 0 Å². The average Bonchev–Trinajstić information content (AvgIpc) is 2.62. The summed E-state index contributed by atoms with van der Waals surface area (Å²) in [7, 11) is -6.39. The summed E-state index contributed by atoms with van der Waals surface area (Å²) in [5.74, 6) is -0.0940. The van der Waals surface area contributed by atoms with Crippen LogP contribution in [0.2, 0.25) is 0 Å². The third-order valence-corrected chi connectivity index (χ3v) is 8.47. The number of rotatable bonds is 6. The van der Waals surface area contributed by atoms with Crippen LogP contribution >= 0.6 is 98.3 Å². The molecule has 14 heteroatoms. The van der Waals surface area contributed by atoms with Crippen LogP contribution in [0, 0.1) is 0 Å². The highest BCUT2D eigenvalue weighted by atomic mass is 80.0. The predicted octanol–water partition coefficient (Wildman–Crippen LogP) is 7.23. The van der Waals surface area contributed by atoms with Crippen LogP contribution in [0.1, 0.15) is 0 Å². The lowest BCUT2D eigenvalue weighted by atomic mass is 10.4. The topological polar surface area (TPSA) is 88.5 Å². The molecule has 0 unspecified atom stereocenters. The molecule has 5 nitrogen and oxygen atoms in total. The zero-order valence-electron chi connectivity index (χ0n) is 15.1. The maximum Gasteiger partial charge on any atom is 0.180 e. The Labute approximate surface area is 228 Å². The van der Waals surface area contributed by atoms with Crippen LogP contribution < -0.4 is 0 Å². The van der Waals surface area contributed by atoms with Crippen molar-refractivity contribution in [2.24, 2.45) is 0 Å². The number of hydrogen-bond acceptors (Lipinski definition) is 5. The molecule has 0 aromatic heterocycles. The highest BCUT2D eigenvalue weighted by Gasteiger charge is 2.13. The first-order valence-electron chi connectivity index (χ1n) is 7.76. The van der Waals surface area contributed by atoms with Gasteiger partial charge in [0.25, 0.3) is 0 Å². The number of aliphatic hydroxyl groups excluding tert-OH is 1. The molecule has 0 spiro atoms. The molecule has 0 aliphatic carbocycles. The second-order valence-electron chi connectivity index (χ2n) is 5.15. The minimum Gasteiger partial charge on any atom is -0.395 e. The summed E-state index contributed by atoms with van der Waals surface area (Å²) in [6, 6.07) is 13.0. The van der Waals surface area contributed by atoms with Crippen molar-refractivity contribution >= 4 is 118 Å². The number of benzene rings is 2. The molecular weight excluding hydrogens is 847 g/mol. The molecule has 0 saturated heterocycles. The molecule has 0 radical (unpaired) electrons. The number of aliphatic hydroxyl groups is 1. The van der Waals surface area contributed by atoms with Crippen LogP contribution in [0.25, 0.3) is 0 Å². The summed E-state index contributed by atoms with van der Waals surface area (Å²) in [5.41, 5.74) is 0. The second-order valence-corrected chi connectivity index (χ2v) is 27.3. The van der Waals surface area contributed by atoms with Crippen molar-refractivity contribution in [3.8, 4) is 0 Å². The highest BCUT2D eigenvalue weighted by Crippen LogP contribution is 2.59. The molecule has 0 aliphatic rings. The summed E-state index contributed by atoms with van der Waals surface area (Å²) >= 11 is 19.1. The Hall–Kier alpha value is 1.61. The van der Waals surface area contributed by atoms with E-state index in [1.165, 1.54) is 12.1 Å². The van der Waals surface area contributed by atoms with E-state index in [1.54, 1.807) is 36.4 Å². The quantitative estimate of drug-likeness (QED) is 0.245. The van der Waals surface area contributed by atoms with Crippen LogP contribution in [0.3, 0.4) is 0 Å². The molecule has 0 saturated carbocycles. The molecule has 2 aromatic carbocycles. The van der Waals surface area contributed by atoms with Gasteiger partial charge < -0.3 is 5.11 Å². The van der Waals surface area contributed by atoms with Gasteiger partial charge in [0.15, 0.2) is 19.7 Å². The Morgan fingerprint density at radius 3 is 1.27 bits per heavy atom. The number of sulfone groups is 2. The van der Waals surface area contributed by atoms with Crippen molar-refractivity contribution in [2.45, 2.75) is 9.79 Å². The Bertz CT molecular complexity index is 872. The molecule has 0 bridgehead atoms. The fraction of sp³-hybridized carbons (Fsp3) is 0.250. The second kappa shape index (κ2) is 16.3. The van der Waals surface area contributed by atoms with E-state index < -0.39 is 19.7 Å². The van der Waals surface area contributed by atoms with Gasteiger partial charge in [0.05, 0.1) is 27.9 Å². The standard InChI is InChI=1S/C8H8Br2O2S.C8H9BrO3S.Br3P/c9-5-6-13(11,12)8-3-1-7(10)2-4-8;9-7-1-3-8(4-2-7)13(11,12)6-5-10;1-4(2)3/h1-4H,5-6H2;1-4,10H,5-6H2;. The molecule has 0 amide bonds. The largest absolute Gasteiger partial charge is 0.395 e. The van der Waals surface area contributed by atoms with Crippen molar-refractivity contribution in [1.82, 2.24) is 0 Å². The average molecular weight is 864 g/mol. The van der Waals surface area contributed by atoms with E-state index in [2.05, 4.69) is 94.3 Å². The molecule has 0 heterocycles. The molecule has 1 N–H and O–H groups in total. The lowest BCUT2D eigenvalue weighted by Gasteiger charge is -2.01. The predicted molar refractivity (Wildman–Crippen MR) is 147 cm³/mol. The van der Waals surface area contributed by atoms with Crippen molar-refractivity contribution in [3.05, 3.63) is 57.5 Å². The number of alkyl halides is 1. The summed E-state index contributed by atoms with van der Waals surface area (Å²) in [6.45, 7) is -0.349. The molecule has 2 rings (SSSR count). The van der Waals surface area contributed by atoms with E-state index in [-0.39, 0.29) is 27.0 Å². The first-order chi connectivity index (χ1) is 13.9. The van der Waals surface area contributed by atoms with E-state index in [1.807, 2.05) is 0 Å². The van der Waals surface area contributed by atoms with Crippen LogP contribution in [0.5, 0.6) is 0 Å². The summed E-state index contributed by atoms with van der Waals surface area (Å²) in [5, 5.41) is 8.99. The maximum atomic E-state index is 11.5. The van der Waals surface area contributed by atoms with E-state index in [0.29, 0.717) is 10.2 Å². The van der Waals surface area contributed by atoms with E-state index in [0.717, 1.165) is 8.95 Å². The van der Waals surface area contributed by atoms with Gasteiger partial charge in [0, 0.05) is 14.3 Å². The van der Waals surface area contributed by atoms with Crippen molar-refractivity contribution in [3.63, 3.8) is 0 Å². The fourth-order valence-corrected chi connectivity index (χ4v) is 5.57. The molecule has 0 fully saturated rings. The molecule has 2 aromatic rings. The smallest absolute Gasteiger partial charge is 0.180 e. The molecular formula is C16H17Br6O5PS2. The summed E-state index contributed by atoms with van der Waals surface area (Å²) < 4.78 is 47.3. The first-order valence-corrected chi connectivity index (χ1v) is 21.2. The van der Waals surface area contributed by atoms with Gasteiger partial charge in [-0.3, -0.25) is 0 Å². The van der Waals surface area contributed by atoms with E-state index in [9.17, 15) is 16.8 Å². The molecule has 0 atom stereocenters. The van der Waals surface area contributed by atoms with Crippen LogP contribution in [-0.2, 0) is 19.7 Å². The molecule has 0 aliphatic heterocycles. The van der Waals surface area contributed by atoms with Gasteiger partial charge in [-0.25, -0.2) is 16.8 Å². The normalized spacial score (nSPS) is 11.2. The Kier molecular flexibility index (Phi) is 17.1. The van der Waals surface area contributed by atoms with E-state index >= 15 is 0 Å². The van der Waals surface area contributed by atoms with Gasteiger partial charge in [0.1, 0.15) is 4.03 Å². The zero-order valence-corrected chi connectivity index (χ0v) is 27.1. The Balaban J connectivity index is 0.000000477. The summed E-state index contributed by atoms with van der Waals surface area (Å²) in [4.78, 5) is 0.611. The minimum absolute atomic E-state index is 0.134. The SMILES string of the molecule is BrP(Br)Br.O=S(=O)(CCBr)c1ccc(Br)cc1.O=S(=O)(CCO)c1ccc(Br)cc1. The van der Waals surface area contributed by atoms with Crippen LogP contribution in [-0.4, -0.2) is 45.4 Å². The van der Waals surface area contributed by atoms with Gasteiger partial charge in [-0.2, -0.15) is 0 Å². The molecule has 30 heavy (non-hydrogen) atoms. The first kappa shape index (κ1) is 31.6. The zero-order chi connectivity index (χ0) is 23.4. The van der Waals surface area contributed by atoms with Gasteiger partial charge in [0.2, 0.25) is 0 Å². The van der Waals surface area contributed by atoms with Gasteiger partial charge >= 0.3 is 0 Å². The number of hydrogen-bond donors (Lipinski definition) is 1. The third kappa shape index (κ3) is 14.0. The van der Waals surface area contributed by atoms with Crippen molar-refractivity contribution < 1.29 is 21.9 Å². The Morgan fingerprint density at radius 1 is 0.700 bits per heavy atom. The minimum atomic E-state index is -3.30. The van der Waals surface area contributed by atoms with Gasteiger partial charge in [-0.05, 0) is 95.0 Å². The third-order valence-electron chi connectivity index (χ3n) is 3.05. The molecule has 170 valence electrons.